The molecule has 1 rings (SSSR count). The van der Waals surface area contributed by atoms with Crippen LogP contribution in [0.2, 0.25) is 0 Å². The number of carbonyl (C=O) groups is 1. The van der Waals surface area contributed by atoms with Gasteiger partial charge in [0, 0.05) is 20.6 Å². The van der Waals surface area contributed by atoms with Gasteiger partial charge in [-0.2, -0.15) is 0 Å². The van der Waals surface area contributed by atoms with Gasteiger partial charge in [0.2, 0.25) is 0 Å². The average molecular weight is 222 g/mol. The SMILES string of the molecule is COc1ccc(CCNC(=O)N(C)C)cc1. The molecule has 0 aliphatic carbocycles. The summed E-state index contributed by atoms with van der Waals surface area (Å²) in [5.41, 5.74) is 1.18. The predicted octanol–water partition coefficient (Wildman–Crippen LogP) is 1.51. The number of benzene rings is 1. The van der Waals surface area contributed by atoms with E-state index >= 15 is 0 Å². The number of hydrogen-bond donors (Lipinski definition) is 1. The standard InChI is InChI=1S/C12H18N2O2/c1-14(2)12(15)13-9-8-10-4-6-11(16-3)7-5-10/h4-7H,8-9H2,1-3H3,(H,13,15). The highest BCUT2D eigenvalue weighted by Gasteiger charge is 2.01. The van der Waals surface area contributed by atoms with Gasteiger partial charge in [0.15, 0.2) is 0 Å². The fraction of sp³-hybridized carbons (Fsp3) is 0.417. The van der Waals surface area contributed by atoms with Crippen molar-refractivity contribution in [3.63, 3.8) is 0 Å². The van der Waals surface area contributed by atoms with Gasteiger partial charge in [-0.3, -0.25) is 0 Å². The lowest BCUT2D eigenvalue weighted by atomic mass is 10.1. The lowest BCUT2D eigenvalue weighted by molar-refractivity contribution is 0.217. The minimum atomic E-state index is -0.0616. The molecule has 4 nitrogen and oxygen atoms in total. The number of ether oxygens (including phenoxy) is 1. The fourth-order valence-electron chi connectivity index (χ4n) is 1.26. The summed E-state index contributed by atoms with van der Waals surface area (Å²) < 4.78 is 5.07. The van der Waals surface area contributed by atoms with Crippen molar-refractivity contribution in [3.8, 4) is 5.75 Å². The van der Waals surface area contributed by atoms with Gasteiger partial charge in [-0.1, -0.05) is 12.1 Å². The summed E-state index contributed by atoms with van der Waals surface area (Å²) in [7, 11) is 5.09. The van der Waals surface area contributed by atoms with Gasteiger partial charge in [0.1, 0.15) is 5.75 Å². The van der Waals surface area contributed by atoms with Gasteiger partial charge in [-0.25, -0.2) is 4.79 Å². The lowest BCUT2D eigenvalue weighted by Gasteiger charge is -2.11. The smallest absolute Gasteiger partial charge is 0.316 e. The van der Waals surface area contributed by atoms with Gasteiger partial charge in [-0.15, -0.1) is 0 Å². The van der Waals surface area contributed by atoms with E-state index in [1.807, 2.05) is 24.3 Å². The van der Waals surface area contributed by atoms with Crippen molar-refractivity contribution in [2.75, 3.05) is 27.7 Å². The van der Waals surface area contributed by atoms with Gasteiger partial charge in [-0.05, 0) is 24.1 Å². The maximum atomic E-state index is 11.2. The molecule has 88 valence electrons. The molecule has 2 amide bonds. The lowest BCUT2D eigenvalue weighted by Crippen LogP contribution is -2.35. The zero-order valence-electron chi connectivity index (χ0n) is 9.99. The van der Waals surface area contributed by atoms with Gasteiger partial charge < -0.3 is 15.0 Å². The number of nitrogens with one attached hydrogen (secondary N) is 1. The Bertz CT molecular complexity index is 333. The topological polar surface area (TPSA) is 41.6 Å². The van der Waals surface area contributed by atoms with E-state index in [9.17, 15) is 4.79 Å². The Morgan fingerprint density at radius 3 is 2.44 bits per heavy atom. The molecule has 0 aliphatic rings. The first-order valence-electron chi connectivity index (χ1n) is 5.21. The summed E-state index contributed by atoms with van der Waals surface area (Å²) >= 11 is 0. The van der Waals surface area contributed by atoms with E-state index in [1.165, 1.54) is 10.5 Å². The second-order valence-electron chi connectivity index (χ2n) is 3.72. The first kappa shape index (κ1) is 12.4. The first-order chi connectivity index (χ1) is 7.63. The summed E-state index contributed by atoms with van der Waals surface area (Å²) in [4.78, 5) is 12.8. The molecule has 0 heterocycles. The molecule has 0 saturated heterocycles. The number of amides is 2. The Morgan fingerprint density at radius 2 is 1.94 bits per heavy atom. The second kappa shape index (κ2) is 6.00. The highest BCUT2D eigenvalue weighted by molar-refractivity contribution is 5.73. The highest BCUT2D eigenvalue weighted by atomic mass is 16.5. The normalized spacial score (nSPS) is 9.69. The van der Waals surface area contributed by atoms with Crippen molar-refractivity contribution in [2.45, 2.75) is 6.42 Å². The molecule has 1 aromatic rings. The van der Waals surface area contributed by atoms with Gasteiger partial charge in [0.25, 0.3) is 0 Å². The zero-order chi connectivity index (χ0) is 12.0. The molecule has 0 saturated carbocycles. The summed E-state index contributed by atoms with van der Waals surface area (Å²) in [6.07, 6.45) is 0.823. The second-order valence-corrected chi connectivity index (χ2v) is 3.72. The molecule has 0 bridgehead atoms. The maximum absolute atomic E-state index is 11.2. The fourth-order valence-corrected chi connectivity index (χ4v) is 1.26. The molecule has 0 spiro atoms. The van der Waals surface area contributed by atoms with Gasteiger partial charge >= 0.3 is 6.03 Å². The molecular formula is C12H18N2O2. The van der Waals surface area contributed by atoms with Gasteiger partial charge in [0.05, 0.1) is 7.11 Å². The zero-order valence-corrected chi connectivity index (χ0v) is 9.99. The number of nitrogens with zero attached hydrogens (tertiary/aromatic N) is 1. The number of urea groups is 1. The molecule has 0 unspecified atom stereocenters. The van der Waals surface area contributed by atoms with Crippen LogP contribution in [0.4, 0.5) is 4.79 Å². The van der Waals surface area contributed by atoms with E-state index in [2.05, 4.69) is 5.32 Å². The molecule has 0 aromatic heterocycles. The number of carbonyl (C=O) groups excluding carboxylic acids is 1. The van der Waals surface area contributed by atoms with Crippen LogP contribution < -0.4 is 10.1 Å². The third kappa shape index (κ3) is 3.81. The molecular weight excluding hydrogens is 204 g/mol. The van der Waals surface area contributed by atoms with Crippen molar-refractivity contribution in [1.29, 1.82) is 0 Å². The summed E-state index contributed by atoms with van der Waals surface area (Å²) in [6, 6.07) is 7.78. The molecule has 16 heavy (non-hydrogen) atoms. The predicted molar refractivity (Wildman–Crippen MR) is 63.8 cm³/mol. The molecule has 4 heteroatoms. The summed E-state index contributed by atoms with van der Waals surface area (Å²) in [6.45, 7) is 0.642. The molecule has 0 aliphatic heterocycles. The van der Waals surface area contributed by atoms with Crippen LogP contribution in [0.1, 0.15) is 5.56 Å². The van der Waals surface area contributed by atoms with E-state index in [4.69, 9.17) is 4.74 Å². The number of rotatable bonds is 4. The van der Waals surface area contributed by atoms with E-state index in [0.29, 0.717) is 6.54 Å². The Morgan fingerprint density at radius 1 is 1.31 bits per heavy atom. The van der Waals surface area contributed by atoms with E-state index in [1.54, 1.807) is 21.2 Å². The maximum Gasteiger partial charge on any atom is 0.316 e. The van der Waals surface area contributed by atoms with E-state index in [-0.39, 0.29) is 6.03 Å². The highest BCUT2D eigenvalue weighted by Crippen LogP contribution is 2.11. The minimum absolute atomic E-state index is 0.0616. The Kier molecular flexibility index (Phi) is 4.64. The summed E-state index contributed by atoms with van der Waals surface area (Å²) in [5.74, 6) is 0.848. The van der Waals surface area contributed by atoms with E-state index < -0.39 is 0 Å². The van der Waals surface area contributed by atoms with Crippen LogP contribution in [0, 0.1) is 0 Å². The van der Waals surface area contributed by atoms with Crippen LogP contribution in [0.25, 0.3) is 0 Å². The van der Waals surface area contributed by atoms with Crippen LogP contribution in [-0.2, 0) is 6.42 Å². The third-order valence-electron chi connectivity index (χ3n) is 2.26. The molecule has 0 fully saturated rings. The van der Waals surface area contributed by atoms with E-state index in [0.717, 1.165) is 12.2 Å². The van der Waals surface area contributed by atoms with Crippen molar-refractivity contribution in [1.82, 2.24) is 10.2 Å². The summed E-state index contributed by atoms with van der Waals surface area (Å²) in [5, 5.41) is 2.81. The Balaban J connectivity index is 2.34. The van der Waals surface area contributed by atoms with Crippen molar-refractivity contribution >= 4 is 6.03 Å². The van der Waals surface area contributed by atoms with Crippen molar-refractivity contribution < 1.29 is 9.53 Å². The van der Waals surface area contributed by atoms with Crippen LogP contribution in [0.5, 0.6) is 5.75 Å². The van der Waals surface area contributed by atoms with Crippen LogP contribution >= 0.6 is 0 Å². The average Bonchev–Trinajstić information content (AvgIpc) is 2.29. The number of hydrogen-bond acceptors (Lipinski definition) is 2. The van der Waals surface area contributed by atoms with Crippen LogP contribution in [-0.4, -0.2) is 38.7 Å². The monoisotopic (exact) mass is 222 g/mol. The quantitative estimate of drug-likeness (QED) is 0.839. The Labute approximate surface area is 96.2 Å². The van der Waals surface area contributed by atoms with Crippen LogP contribution in [0.3, 0.4) is 0 Å². The largest absolute Gasteiger partial charge is 0.497 e. The Hall–Kier alpha value is -1.71. The molecule has 0 atom stereocenters. The molecule has 0 radical (unpaired) electrons. The van der Waals surface area contributed by atoms with Crippen molar-refractivity contribution in [2.24, 2.45) is 0 Å². The minimum Gasteiger partial charge on any atom is -0.497 e. The first-order valence-corrected chi connectivity index (χ1v) is 5.21. The van der Waals surface area contributed by atoms with Crippen molar-refractivity contribution in [3.05, 3.63) is 29.8 Å². The van der Waals surface area contributed by atoms with Crippen LogP contribution in [0.15, 0.2) is 24.3 Å². The molecule has 1 aromatic carbocycles. The third-order valence-corrected chi connectivity index (χ3v) is 2.26. The molecule has 1 N–H and O–H groups in total. The number of methoxy groups -OCH3 is 1.